The molecule has 334 valence electrons. The smallest absolute Gasteiger partial charge is 0.225 e. The Kier molecular flexibility index (Phi) is 14.4. The van der Waals surface area contributed by atoms with E-state index in [-0.39, 0.29) is 17.8 Å². The van der Waals surface area contributed by atoms with Gasteiger partial charge in [0.2, 0.25) is 5.79 Å². The third kappa shape index (κ3) is 9.80. The molecule has 0 unspecified atom stereocenters. The van der Waals surface area contributed by atoms with Gasteiger partial charge in [-0.2, -0.15) is 0 Å². The van der Waals surface area contributed by atoms with Gasteiger partial charge in [0.1, 0.15) is 78.6 Å². The highest BCUT2D eigenvalue weighted by atomic mass is 35.5. The van der Waals surface area contributed by atoms with Crippen LogP contribution in [0, 0.1) is 0 Å². The number of hydrogen-bond acceptors (Lipinski definition) is 14. The second kappa shape index (κ2) is 19.8. The molecule has 0 spiro atoms. The fraction of sp³-hybridized carbons (Fsp3) is 0.478. The van der Waals surface area contributed by atoms with Crippen molar-refractivity contribution in [1.82, 2.24) is 0 Å². The van der Waals surface area contributed by atoms with Crippen molar-refractivity contribution in [2.75, 3.05) is 39.6 Å². The highest BCUT2D eigenvalue weighted by molar-refractivity contribution is 6.31. The zero-order valence-electron chi connectivity index (χ0n) is 33.7. The molecule has 0 saturated carbocycles. The minimum atomic E-state index is -2.26. The summed E-state index contributed by atoms with van der Waals surface area (Å²) in [4.78, 5) is 0. The van der Waals surface area contributed by atoms with E-state index in [9.17, 15) is 35.7 Å². The molecular formula is C46H52Cl2O14. The predicted molar refractivity (Wildman–Crippen MR) is 224 cm³/mol. The maximum atomic E-state index is 11.7. The van der Waals surface area contributed by atoms with E-state index < -0.39 is 73.9 Å². The largest absolute Gasteiger partial charge is 0.488 e. The van der Waals surface area contributed by atoms with Gasteiger partial charge in [0.15, 0.2) is 0 Å². The third-order valence-corrected chi connectivity index (χ3v) is 12.7. The van der Waals surface area contributed by atoms with E-state index in [1.54, 1.807) is 30.3 Å². The SMILES string of the molecule is OC[C@H]1O[C@@](OC[C@H]2O[C@@H](c3ccc(Cl)c(Cc4ccc(O[C@H]5CCOC5)cc4)c3)[C@H](O)[C@@H](O)[C@@H]2O)(c2ccc(Cl)c(Cc3ccc(O[C@H]4CCOC4)cc3)c2)[C@H](O)[C@@H](O)[C@@H]1O. The minimum absolute atomic E-state index is 0.00978. The second-order valence-corrected chi connectivity index (χ2v) is 17.1. The van der Waals surface area contributed by atoms with Gasteiger partial charge in [-0.15, -0.1) is 0 Å². The van der Waals surface area contributed by atoms with Crippen LogP contribution in [0.4, 0.5) is 0 Å². The number of benzene rings is 4. The number of aliphatic hydroxyl groups excluding tert-OH is 7. The summed E-state index contributed by atoms with van der Waals surface area (Å²) in [6.45, 7) is 1.11. The zero-order valence-corrected chi connectivity index (χ0v) is 35.3. The maximum Gasteiger partial charge on any atom is 0.225 e. The molecular weight excluding hydrogens is 847 g/mol. The normalized spacial score (nSPS) is 32.5. The summed E-state index contributed by atoms with van der Waals surface area (Å²) in [5.41, 5.74) is 3.77. The summed E-state index contributed by atoms with van der Waals surface area (Å²) in [5, 5.41) is 78.3. The van der Waals surface area contributed by atoms with E-state index in [1.165, 1.54) is 6.07 Å². The van der Waals surface area contributed by atoms with Crippen molar-refractivity contribution in [2.24, 2.45) is 0 Å². The van der Waals surface area contributed by atoms with Crippen molar-refractivity contribution in [1.29, 1.82) is 0 Å². The molecule has 4 fully saturated rings. The first-order valence-corrected chi connectivity index (χ1v) is 21.6. The molecule has 4 aromatic rings. The van der Waals surface area contributed by atoms with Crippen LogP contribution in [0.3, 0.4) is 0 Å². The maximum absolute atomic E-state index is 11.7. The molecule has 16 heteroatoms. The molecule has 4 aliphatic rings. The van der Waals surface area contributed by atoms with Crippen molar-refractivity contribution in [3.05, 3.63) is 128 Å². The number of halogens is 2. The summed E-state index contributed by atoms with van der Waals surface area (Å²) in [6.07, 6.45) is -11.9. The van der Waals surface area contributed by atoms with Crippen molar-refractivity contribution >= 4 is 23.2 Å². The molecule has 62 heavy (non-hydrogen) atoms. The van der Waals surface area contributed by atoms with E-state index in [0.717, 1.165) is 29.7 Å². The van der Waals surface area contributed by atoms with E-state index >= 15 is 0 Å². The average Bonchev–Trinajstić information content (AvgIpc) is 4.01. The quantitative estimate of drug-likeness (QED) is 0.0970. The number of hydrogen-bond donors (Lipinski definition) is 7. The van der Waals surface area contributed by atoms with Gasteiger partial charge in [-0.1, -0.05) is 65.7 Å². The fourth-order valence-corrected chi connectivity index (χ4v) is 8.76. The van der Waals surface area contributed by atoms with Crippen LogP contribution in [0.25, 0.3) is 0 Å². The van der Waals surface area contributed by atoms with E-state index in [2.05, 4.69) is 0 Å². The first-order chi connectivity index (χ1) is 29.9. The van der Waals surface area contributed by atoms with E-state index in [0.29, 0.717) is 71.8 Å². The lowest BCUT2D eigenvalue weighted by molar-refractivity contribution is -0.381. The molecule has 14 nitrogen and oxygen atoms in total. The molecule has 8 rings (SSSR count). The van der Waals surface area contributed by atoms with Crippen molar-refractivity contribution in [2.45, 2.75) is 98.6 Å². The van der Waals surface area contributed by atoms with Crippen LogP contribution in [-0.2, 0) is 42.3 Å². The van der Waals surface area contributed by atoms with Crippen molar-refractivity contribution in [3.63, 3.8) is 0 Å². The van der Waals surface area contributed by atoms with Gasteiger partial charge >= 0.3 is 0 Å². The summed E-state index contributed by atoms with van der Waals surface area (Å²) < 4.78 is 41.6. The highest BCUT2D eigenvalue weighted by Gasteiger charge is 2.57. The molecule has 4 saturated heterocycles. The lowest BCUT2D eigenvalue weighted by atomic mass is 9.86. The van der Waals surface area contributed by atoms with Crippen LogP contribution >= 0.6 is 23.2 Å². The topological polar surface area (TPSA) is 206 Å². The zero-order chi connectivity index (χ0) is 43.5. The molecule has 0 bridgehead atoms. The molecule has 4 aromatic carbocycles. The Morgan fingerprint density at radius 3 is 1.71 bits per heavy atom. The van der Waals surface area contributed by atoms with Crippen LogP contribution in [0.1, 0.15) is 52.3 Å². The summed E-state index contributed by atoms with van der Waals surface area (Å²) in [5.74, 6) is -0.831. The number of aliphatic hydroxyl groups is 7. The first-order valence-electron chi connectivity index (χ1n) is 20.8. The van der Waals surface area contributed by atoms with Gasteiger partial charge in [0.05, 0.1) is 39.6 Å². The van der Waals surface area contributed by atoms with Crippen LogP contribution in [0.15, 0.2) is 84.9 Å². The monoisotopic (exact) mass is 898 g/mol. The Bertz CT molecular complexity index is 2090. The van der Waals surface area contributed by atoms with Gasteiger partial charge in [0.25, 0.3) is 0 Å². The Balaban J connectivity index is 1.02. The Morgan fingerprint density at radius 1 is 0.613 bits per heavy atom. The van der Waals surface area contributed by atoms with Crippen LogP contribution < -0.4 is 9.47 Å². The Morgan fingerprint density at radius 2 is 1.16 bits per heavy atom. The van der Waals surface area contributed by atoms with Gasteiger partial charge in [-0.3, -0.25) is 0 Å². The lowest BCUT2D eigenvalue weighted by Crippen LogP contribution is -2.65. The van der Waals surface area contributed by atoms with E-state index in [4.69, 9.17) is 56.4 Å². The Hall–Kier alpha value is -3.42. The fourth-order valence-electron chi connectivity index (χ4n) is 8.39. The molecule has 0 amide bonds. The second-order valence-electron chi connectivity index (χ2n) is 16.3. The van der Waals surface area contributed by atoms with Crippen LogP contribution in [0.5, 0.6) is 11.5 Å². The molecule has 12 atom stereocenters. The first kappa shape index (κ1) is 45.2. The molecule has 7 N–H and O–H groups in total. The van der Waals surface area contributed by atoms with Crippen molar-refractivity contribution in [3.8, 4) is 11.5 Å². The summed E-state index contributed by atoms with van der Waals surface area (Å²) in [7, 11) is 0. The van der Waals surface area contributed by atoms with Crippen LogP contribution in [-0.4, -0.2) is 136 Å². The van der Waals surface area contributed by atoms with Crippen LogP contribution in [0.2, 0.25) is 10.0 Å². The van der Waals surface area contributed by atoms with Gasteiger partial charge in [0, 0.05) is 28.5 Å². The average molecular weight is 900 g/mol. The molecule has 4 heterocycles. The third-order valence-electron chi connectivity index (χ3n) is 12.0. The lowest BCUT2D eigenvalue weighted by Gasteiger charge is -2.49. The Labute approximate surface area is 369 Å². The molecule has 0 radical (unpaired) electrons. The summed E-state index contributed by atoms with van der Waals surface area (Å²) in [6, 6.07) is 25.0. The van der Waals surface area contributed by atoms with Gasteiger partial charge < -0.3 is 68.9 Å². The molecule has 0 aliphatic carbocycles. The van der Waals surface area contributed by atoms with E-state index in [1.807, 2.05) is 48.5 Å². The van der Waals surface area contributed by atoms with Gasteiger partial charge in [-0.05, 0) is 83.1 Å². The number of ether oxygens (including phenoxy) is 7. The standard InChI is InChI=1S/C46H52Cl2O14/c47-35-11-5-27(19-28(35)17-25-1-7-31(8-2-25)59-33-13-15-56-22-33)44-42(53)41(52)40(51)38(61-44)24-58-46(45(55)43(54)39(50)37(21-49)62-46)30-6-12-36(48)29(20-30)18-26-3-9-32(10-4-26)60-34-14-16-57-23-34/h1-12,19-20,33-34,37-45,49-55H,13-18,21-24H2/t33-,34-,37+,38+,39+,40+,41-,42+,43-,44-,45+,46-/m0/s1. The summed E-state index contributed by atoms with van der Waals surface area (Å²) >= 11 is 13.4. The minimum Gasteiger partial charge on any atom is -0.488 e. The molecule has 4 aliphatic heterocycles. The predicted octanol–water partition coefficient (Wildman–Crippen LogP) is 3.38. The van der Waals surface area contributed by atoms with Gasteiger partial charge in [-0.25, -0.2) is 0 Å². The highest BCUT2D eigenvalue weighted by Crippen LogP contribution is 2.43. The number of rotatable bonds is 14. The molecule has 0 aromatic heterocycles. The van der Waals surface area contributed by atoms with Crippen molar-refractivity contribution < 1.29 is 68.9 Å².